The summed E-state index contributed by atoms with van der Waals surface area (Å²) in [7, 11) is 0. The normalized spacial score (nSPS) is 23.4. The summed E-state index contributed by atoms with van der Waals surface area (Å²) in [4.78, 5) is 34.9. The third kappa shape index (κ3) is 5.98. The van der Waals surface area contributed by atoms with Crippen LogP contribution < -0.4 is 5.32 Å². The van der Waals surface area contributed by atoms with E-state index >= 15 is 0 Å². The van der Waals surface area contributed by atoms with Crippen LogP contribution in [-0.4, -0.2) is 77.9 Å². The molecule has 2 aliphatic heterocycles. The number of carbonyl (C=O) groups excluding carboxylic acids is 2. The molecule has 1 aromatic carbocycles. The molecular weight excluding hydrogens is 475 g/mol. The minimum absolute atomic E-state index is 0.0446. The zero-order valence-corrected chi connectivity index (χ0v) is 21.7. The Morgan fingerprint density at radius 3 is 2.50 bits per heavy atom. The maximum Gasteiger partial charge on any atom is 0.254 e. The van der Waals surface area contributed by atoms with E-state index < -0.39 is 6.04 Å². The van der Waals surface area contributed by atoms with E-state index in [1.165, 1.54) is 61.2 Å². The number of nitrogens with zero attached hydrogens (tertiary/aromatic N) is 3. The van der Waals surface area contributed by atoms with Crippen LogP contribution in [0.25, 0.3) is 0 Å². The number of benzene rings is 1. The molecular formula is C28H37FN4O2S. The maximum atomic E-state index is 13.7. The van der Waals surface area contributed by atoms with Crippen molar-refractivity contribution in [2.45, 2.75) is 57.2 Å². The molecule has 2 saturated heterocycles. The van der Waals surface area contributed by atoms with Gasteiger partial charge in [-0.05, 0) is 60.9 Å². The standard InChI is InChI=1S/C28H37FN4O2S/c29-23-10-8-22(9-11-23)27(34)33-19-24(17-26(33)28(35)31-14-12-30-13-15-31)32(20-25-7-4-16-36-25)18-21-5-2-1-3-6-21/h4,7-11,16,21,24,26,30H,1-3,5-6,12-15,17-20H2. The lowest BCUT2D eigenvalue weighted by molar-refractivity contribution is -0.135. The average molecular weight is 513 g/mol. The Morgan fingerprint density at radius 2 is 1.81 bits per heavy atom. The van der Waals surface area contributed by atoms with Gasteiger partial charge >= 0.3 is 0 Å². The highest BCUT2D eigenvalue weighted by atomic mass is 32.1. The summed E-state index contributed by atoms with van der Waals surface area (Å²) in [5.74, 6) is 0.166. The Kier molecular flexibility index (Phi) is 8.34. The molecule has 1 saturated carbocycles. The van der Waals surface area contributed by atoms with Crippen molar-refractivity contribution in [2.24, 2.45) is 5.92 Å². The molecule has 1 N–H and O–H groups in total. The first-order valence-corrected chi connectivity index (χ1v) is 14.3. The van der Waals surface area contributed by atoms with Crippen molar-refractivity contribution >= 4 is 23.2 Å². The van der Waals surface area contributed by atoms with Crippen LogP contribution in [0.5, 0.6) is 0 Å². The van der Waals surface area contributed by atoms with Crippen LogP contribution >= 0.6 is 11.3 Å². The summed E-state index contributed by atoms with van der Waals surface area (Å²) in [6.45, 7) is 5.28. The van der Waals surface area contributed by atoms with Crippen LogP contribution in [0.2, 0.25) is 0 Å². The highest BCUT2D eigenvalue weighted by molar-refractivity contribution is 7.09. The number of rotatable bonds is 7. The molecule has 2 atom stereocenters. The Morgan fingerprint density at radius 1 is 1.06 bits per heavy atom. The summed E-state index contributed by atoms with van der Waals surface area (Å²) >= 11 is 1.77. The molecule has 3 heterocycles. The zero-order valence-electron chi connectivity index (χ0n) is 20.9. The maximum absolute atomic E-state index is 13.7. The highest BCUT2D eigenvalue weighted by Gasteiger charge is 2.44. The van der Waals surface area contributed by atoms with E-state index in [0.717, 1.165) is 26.2 Å². The third-order valence-electron chi connectivity index (χ3n) is 8.02. The van der Waals surface area contributed by atoms with Gasteiger partial charge in [0.05, 0.1) is 0 Å². The largest absolute Gasteiger partial charge is 0.338 e. The second-order valence-corrected chi connectivity index (χ2v) is 11.5. The van der Waals surface area contributed by atoms with Crippen molar-refractivity contribution in [1.82, 2.24) is 20.0 Å². The fourth-order valence-corrected chi connectivity index (χ4v) is 6.77. The fourth-order valence-electron chi connectivity index (χ4n) is 6.04. The molecule has 2 amide bonds. The van der Waals surface area contributed by atoms with Gasteiger partial charge in [0.15, 0.2) is 0 Å². The minimum Gasteiger partial charge on any atom is -0.338 e. The molecule has 3 fully saturated rings. The van der Waals surface area contributed by atoms with Gasteiger partial charge < -0.3 is 15.1 Å². The molecule has 1 aliphatic carbocycles. The predicted octanol–water partition coefficient (Wildman–Crippen LogP) is 3.98. The van der Waals surface area contributed by atoms with Gasteiger partial charge in [-0.3, -0.25) is 14.5 Å². The Labute approximate surface area is 217 Å². The van der Waals surface area contributed by atoms with E-state index in [9.17, 15) is 14.0 Å². The third-order valence-corrected chi connectivity index (χ3v) is 8.88. The quantitative estimate of drug-likeness (QED) is 0.610. The number of piperazine rings is 1. The molecule has 0 bridgehead atoms. The van der Waals surface area contributed by atoms with Gasteiger partial charge in [0.25, 0.3) is 5.91 Å². The van der Waals surface area contributed by atoms with E-state index in [2.05, 4.69) is 27.7 Å². The van der Waals surface area contributed by atoms with Crippen molar-refractivity contribution in [1.29, 1.82) is 0 Å². The van der Waals surface area contributed by atoms with E-state index in [1.807, 2.05) is 4.90 Å². The van der Waals surface area contributed by atoms with E-state index in [1.54, 1.807) is 16.2 Å². The van der Waals surface area contributed by atoms with Crippen LogP contribution in [0, 0.1) is 11.7 Å². The van der Waals surface area contributed by atoms with E-state index in [4.69, 9.17) is 0 Å². The molecule has 2 unspecified atom stereocenters. The van der Waals surface area contributed by atoms with Crippen LogP contribution in [0.1, 0.15) is 53.8 Å². The molecule has 8 heteroatoms. The summed E-state index contributed by atoms with van der Waals surface area (Å²) in [5.41, 5.74) is 0.437. The van der Waals surface area contributed by atoms with Crippen molar-refractivity contribution < 1.29 is 14.0 Å². The first-order chi connectivity index (χ1) is 17.6. The highest BCUT2D eigenvalue weighted by Crippen LogP contribution is 2.31. The Bertz CT molecular complexity index is 1000. The fraction of sp³-hybridized carbons (Fsp3) is 0.571. The number of hydrogen-bond acceptors (Lipinski definition) is 5. The lowest BCUT2D eigenvalue weighted by atomic mass is 9.88. The van der Waals surface area contributed by atoms with Gasteiger partial charge in [-0.15, -0.1) is 11.3 Å². The number of nitrogens with one attached hydrogen (secondary N) is 1. The topological polar surface area (TPSA) is 55.9 Å². The number of carbonyl (C=O) groups is 2. The molecule has 0 spiro atoms. The molecule has 5 rings (SSSR count). The summed E-state index contributed by atoms with van der Waals surface area (Å²) in [6, 6.07) is 9.61. The molecule has 2 aromatic rings. The smallest absolute Gasteiger partial charge is 0.254 e. The van der Waals surface area contributed by atoms with Gasteiger partial charge in [-0.2, -0.15) is 0 Å². The molecule has 0 radical (unpaired) electrons. The van der Waals surface area contributed by atoms with Crippen LogP contribution in [0.4, 0.5) is 4.39 Å². The van der Waals surface area contributed by atoms with E-state index in [0.29, 0.717) is 37.5 Å². The van der Waals surface area contributed by atoms with Crippen molar-refractivity contribution in [2.75, 3.05) is 39.3 Å². The van der Waals surface area contributed by atoms with Crippen LogP contribution in [-0.2, 0) is 11.3 Å². The molecule has 1 aromatic heterocycles. The molecule has 36 heavy (non-hydrogen) atoms. The Balaban J connectivity index is 1.39. The number of likely N-dealkylation sites (tertiary alicyclic amines) is 1. The Hall–Kier alpha value is -2.29. The first kappa shape index (κ1) is 25.4. The van der Waals surface area contributed by atoms with Crippen molar-refractivity contribution in [3.8, 4) is 0 Å². The number of thiophene rings is 1. The average Bonchev–Trinajstić information content (AvgIpc) is 3.59. The van der Waals surface area contributed by atoms with E-state index in [-0.39, 0.29) is 23.7 Å². The van der Waals surface area contributed by atoms with Crippen molar-refractivity contribution in [3.05, 3.63) is 58.0 Å². The molecule has 3 aliphatic rings. The lowest BCUT2D eigenvalue weighted by Crippen LogP contribution is -2.53. The van der Waals surface area contributed by atoms with Gasteiger partial charge in [0, 0.05) is 62.3 Å². The molecule has 194 valence electrons. The monoisotopic (exact) mass is 512 g/mol. The van der Waals surface area contributed by atoms with Gasteiger partial charge in [-0.25, -0.2) is 4.39 Å². The van der Waals surface area contributed by atoms with Crippen molar-refractivity contribution in [3.63, 3.8) is 0 Å². The SMILES string of the molecule is O=C(C1CC(N(Cc2cccs2)CC2CCCCC2)CN1C(=O)c1ccc(F)cc1)N1CCNCC1. The van der Waals surface area contributed by atoms with Gasteiger partial charge in [0.2, 0.25) is 5.91 Å². The summed E-state index contributed by atoms with van der Waals surface area (Å²) in [5, 5.41) is 5.42. The molecule has 6 nitrogen and oxygen atoms in total. The lowest BCUT2D eigenvalue weighted by Gasteiger charge is -2.33. The van der Waals surface area contributed by atoms with Gasteiger partial charge in [0.1, 0.15) is 11.9 Å². The van der Waals surface area contributed by atoms with Gasteiger partial charge in [-0.1, -0.05) is 25.3 Å². The number of halogens is 1. The van der Waals surface area contributed by atoms with Crippen LogP contribution in [0.15, 0.2) is 41.8 Å². The summed E-state index contributed by atoms with van der Waals surface area (Å²) in [6.07, 6.45) is 7.08. The summed E-state index contributed by atoms with van der Waals surface area (Å²) < 4.78 is 13.5. The second-order valence-electron chi connectivity index (χ2n) is 10.5. The predicted molar refractivity (Wildman–Crippen MR) is 140 cm³/mol. The first-order valence-electron chi connectivity index (χ1n) is 13.4. The minimum atomic E-state index is -0.483. The number of hydrogen-bond donors (Lipinski definition) is 1. The second kappa shape index (κ2) is 11.8. The zero-order chi connectivity index (χ0) is 24.9. The number of amides is 2. The van der Waals surface area contributed by atoms with Crippen LogP contribution in [0.3, 0.4) is 0 Å².